The van der Waals surface area contributed by atoms with Crippen molar-refractivity contribution in [2.45, 2.75) is 44.7 Å². The van der Waals surface area contributed by atoms with Gasteiger partial charge in [-0.2, -0.15) is 26.3 Å². The fourth-order valence-corrected chi connectivity index (χ4v) is 2.49. The van der Waals surface area contributed by atoms with Gasteiger partial charge in [-0.15, -0.1) is 5.10 Å². The highest BCUT2D eigenvalue weighted by Gasteiger charge is 2.37. The van der Waals surface area contributed by atoms with Crippen LogP contribution in [0.4, 0.5) is 26.3 Å². The van der Waals surface area contributed by atoms with Crippen molar-refractivity contribution in [3.63, 3.8) is 0 Å². The van der Waals surface area contributed by atoms with Gasteiger partial charge in [-0.3, -0.25) is 4.79 Å². The normalized spacial score (nSPS) is 14.7. The second kappa shape index (κ2) is 8.21. The van der Waals surface area contributed by atoms with Gasteiger partial charge in [0.1, 0.15) is 11.8 Å². The van der Waals surface area contributed by atoms with Crippen molar-refractivity contribution in [3.05, 3.63) is 35.7 Å². The lowest BCUT2D eigenvalue weighted by atomic mass is 10.0. The summed E-state index contributed by atoms with van der Waals surface area (Å²) in [5, 5.41) is 3.84. The van der Waals surface area contributed by atoms with Gasteiger partial charge in [0.25, 0.3) is 0 Å². The number of carbonyl (C=O) groups is 1. The van der Waals surface area contributed by atoms with Crippen molar-refractivity contribution in [1.29, 1.82) is 0 Å². The maximum Gasteiger partial charge on any atom is 0.416 e. The summed E-state index contributed by atoms with van der Waals surface area (Å²) in [6, 6.07) is 1.03. The number of esters is 1. The molecule has 0 spiro atoms. The summed E-state index contributed by atoms with van der Waals surface area (Å²) in [6.07, 6.45) is -9.38. The zero-order chi connectivity index (χ0) is 22.1. The van der Waals surface area contributed by atoms with Gasteiger partial charge in [0.15, 0.2) is 5.82 Å². The van der Waals surface area contributed by atoms with Gasteiger partial charge in [0.05, 0.1) is 23.1 Å². The van der Waals surface area contributed by atoms with E-state index in [2.05, 4.69) is 10.1 Å². The minimum Gasteiger partial charge on any atom is -0.463 e. The van der Waals surface area contributed by atoms with Gasteiger partial charge in [0, 0.05) is 5.56 Å². The van der Waals surface area contributed by atoms with Crippen LogP contribution in [0.1, 0.15) is 37.4 Å². The minimum absolute atomic E-state index is 0.00877. The summed E-state index contributed by atoms with van der Waals surface area (Å²) < 4.78 is 84.0. The van der Waals surface area contributed by atoms with E-state index in [0.29, 0.717) is 12.1 Å². The quantitative estimate of drug-likeness (QED) is 0.357. The van der Waals surface area contributed by atoms with Gasteiger partial charge in [-0.25, -0.2) is 9.67 Å². The van der Waals surface area contributed by atoms with Crippen molar-refractivity contribution in [1.82, 2.24) is 14.8 Å². The highest BCUT2D eigenvalue weighted by molar-refractivity contribution is 6.20. The van der Waals surface area contributed by atoms with Crippen molar-refractivity contribution < 1.29 is 35.9 Å². The van der Waals surface area contributed by atoms with Crippen LogP contribution in [0, 0.1) is 5.92 Å². The summed E-state index contributed by atoms with van der Waals surface area (Å²) >= 11 is 6.14. The molecule has 2 atom stereocenters. The minimum atomic E-state index is -5.00. The molecule has 12 heteroatoms. The van der Waals surface area contributed by atoms with E-state index in [1.54, 1.807) is 13.8 Å². The molecule has 160 valence electrons. The molecule has 0 aliphatic carbocycles. The molecule has 1 heterocycles. The third kappa shape index (κ3) is 5.62. The predicted molar refractivity (Wildman–Crippen MR) is 90.7 cm³/mol. The number of hydrogen-bond acceptors (Lipinski definition) is 4. The molecular weight excluding hydrogens is 428 g/mol. The number of aromatic nitrogens is 3. The van der Waals surface area contributed by atoms with Crippen LogP contribution in [0.5, 0.6) is 0 Å². The number of rotatable bonds is 5. The first kappa shape index (κ1) is 23.0. The van der Waals surface area contributed by atoms with Crippen molar-refractivity contribution in [3.8, 4) is 11.4 Å². The topological polar surface area (TPSA) is 57.0 Å². The first-order chi connectivity index (χ1) is 13.2. The molecule has 2 rings (SSSR count). The number of benzene rings is 1. The van der Waals surface area contributed by atoms with E-state index in [9.17, 15) is 31.1 Å². The lowest BCUT2D eigenvalue weighted by Crippen LogP contribution is -2.25. The maximum atomic E-state index is 13.0. The number of carbonyl (C=O) groups excluding carboxylic acids is 1. The third-order valence-electron chi connectivity index (χ3n) is 3.74. The Hall–Kier alpha value is -2.30. The van der Waals surface area contributed by atoms with Crippen LogP contribution in [0.3, 0.4) is 0 Å². The van der Waals surface area contributed by atoms with Gasteiger partial charge in [0.2, 0.25) is 0 Å². The molecule has 29 heavy (non-hydrogen) atoms. The Balaban J connectivity index is 2.40. The smallest absolute Gasteiger partial charge is 0.416 e. The molecule has 0 saturated heterocycles. The van der Waals surface area contributed by atoms with Crippen LogP contribution in [-0.2, 0) is 21.9 Å². The van der Waals surface area contributed by atoms with Crippen LogP contribution in [0.2, 0.25) is 0 Å². The molecule has 0 fully saturated rings. The number of alkyl halides is 7. The summed E-state index contributed by atoms with van der Waals surface area (Å²) in [7, 11) is 0. The van der Waals surface area contributed by atoms with Gasteiger partial charge < -0.3 is 4.74 Å². The van der Waals surface area contributed by atoms with E-state index in [4.69, 9.17) is 16.3 Å². The Bertz CT molecular complexity index is 847. The SMILES string of the molecule is CC(C)OC(=O)C(C)C(Cl)n1cnc(-c2cc(C(F)(F)F)cc(C(F)(F)F)c2)n1. The number of ether oxygens (including phenoxy) is 1. The maximum absolute atomic E-state index is 13.0. The summed E-state index contributed by atoms with van der Waals surface area (Å²) in [6.45, 7) is 4.70. The average molecular weight is 444 g/mol. The predicted octanol–water partition coefficient (Wildman–Crippen LogP) is 5.31. The van der Waals surface area contributed by atoms with Crippen molar-refractivity contribution in [2.75, 3.05) is 0 Å². The molecule has 0 aliphatic heterocycles. The van der Waals surface area contributed by atoms with E-state index in [-0.39, 0.29) is 6.07 Å². The van der Waals surface area contributed by atoms with Crippen LogP contribution in [-0.4, -0.2) is 26.8 Å². The van der Waals surface area contributed by atoms with E-state index in [1.807, 2.05) is 0 Å². The van der Waals surface area contributed by atoms with Crippen molar-refractivity contribution >= 4 is 17.6 Å². The second-order valence-corrected chi connectivity index (χ2v) is 6.94. The van der Waals surface area contributed by atoms with E-state index < -0.39 is 58.4 Å². The first-order valence-electron chi connectivity index (χ1n) is 8.25. The Morgan fingerprint density at radius 1 is 1.03 bits per heavy atom. The molecule has 0 bridgehead atoms. The highest BCUT2D eigenvalue weighted by atomic mass is 35.5. The van der Waals surface area contributed by atoms with Gasteiger partial charge in [-0.05, 0) is 39.0 Å². The number of halogens is 7. The standard InChI is InChI=1S/C17H16ClF6N3O2/c1-8(2)29-15(28)9(3)13(18)27-7-25-14(26-27)10-4-11(16(19,20)21)6-12(5-10)17(22,23)24/h4-9,13H,1-3H3. The van der Waals surface area contributed by atoms with Crippen LogP contribution < -0.4 is 0 Å². The highest BCUT2D eigenvalue weighted by Crippen LogP contribution is 2.38. The second-order valence-electron chi connectivity index (χ2n) is 6.49. The fourth-order valence-electron chi connectivity index (χ4n) is 2.29. The molecule has 1 aromatic heterocycles. The summed E-state index contributed by atoms with van der Waals surface area (Å²) in [5.74, 6) is -1.95. The largest absolute Gasteiger partial charge is 0.463 e. The zero-order valence-corrected chi connectivity index (χ0v) is 16.1. The molecule has 0 amide bonds. The van der Waals surface area contributed by atoms with Gasteiger partial charge >= 0.3 is 18.3 Å². The van der Waals surface area contributed by atoms with Crippen LogP contribution >= 0.6 is 11.6 Å². The van der Waals surface area contributed by atoms with Crippen molar-refractivity contribution in [2.24, 2.45) is 5.92 Å². The number of hydrogen-bond donors (Lipinski definition) is 0. The Morgan fingerprint density at radius 3 is 2.00 bits per heavy atom. The molecule has 1 aromatic carbocycles. The molecule has 2 aromatic rings. The lowest BCUT2D eigenvalue weighted by molar-refractivity contribution is -0.152. The summed E-state index contributed by atoms with van der Waals surface area (Å²) in [4.78, 5) is 15.7. The fraction of sp³-hybridized carbons (Fsp3) is 0.471. The number of nitrogens with zero attached hydrogens (tertiary/aromatic N) is 3. The lowest BCUT2D eigenvalue weighted by Gasteiger charge is -2.18. The van der Waals surface area contributed by atoms with Crippen LogP contribution in [0.15, 0.2) is 24.5 Å². The molecule has 2 unspecified atom stereocenters. The molecular formula is C17H16ClF6N3O2. The van der Waals surface area contributed by atoms with Gasteiger partial charge in [-0.1, -0.05) is 11.6 Å². The zero-order valence-electron chi connectivity index (χ0n) is 15.3. The van der Waals surface area contributed by atoms with E-state index in [0.717, 1.165) is 11.0 Å². The molecule has 0 N–H and O–H groups in total. The van der Waals surface area contributed by atoms with E-state index in [1.165, 1.54) is 6.92 Å². The molecule has 0 radical (unpaired) electrons. The van der Waals surface area contributed by atoms with Crippen LogP contribution in [0.25, 0.3) is 11.4 Å². The summed E-state index contributed by atoms with van der Waals surface area (Å²) in [5.41, 5.74) is -4.59. The third-order valence-corrected chi connectivity index (χ3v) is 4.32. The Kier molecular flexibility index (Phi) is 6.51. The monoisotopic (exact) mass is 443 g/mol. The Morgan fingerprint density at radius 2 is 1.55 bits per heavy atom. The average Bonchev–Trinajstić information content (AvgIpc) is 3.08. The molecule has 0 saturated carbocycles. The first-order valence-corrected chi connectivity index (χ1v) is 8.69. The molecule has 0 aliphatic rings. The Labute approximate surface area is 166 Å². The van der Waals surface area contributed by atoms with E-state index >= 15 is 0 Å². The molecule has 5 nitrogen and oxygen atoms in total.